The topological polar surface area (TPSA) is 110 Å². The van der Waals surface area contributed by atoms with Crippen molar-refractivity contribution in [2.24, 2.45) is 0 Å². The van der Waals surface area contributed by atoms with Gasteiger partial charge in [0.15, 0.2) is 0 Å². The van der Waals surface area contributed by atoms with Gasteiger partial charge in [0.05, 0.1) is 0 Å². The molecule has 0 unspecified atom stereocenters. The Morgan fingerprint density at radius 3 is 1.50 bits per heavy atom. The van der Waals surface area contributed by atoms with Crippen LogP contribution < -0.4 is 22.1 Å². The molecule has 6 N–H and O–H groups in total. The van der Waals surface area contributed by atoms with E-state index in [4.69, 9.17) is 11.5 Å². The summed E-state index contributed by atoms with van der Waals surface area (Å²) < 4.78 is 0. The predicted octanol–water partition coefficient (Wildman–Crippen LogP) is 2.57. The molecule has 0 heterocycles. The molecule has 2 rings (SSSR count). The third-order valence-electron chi connectivity index (χ3n) is 3.97. The lowest BCUT2D eigenvalue weighted by molar-refractivity contribution is 0.0943. The molecule has 0 fully saturated rings. The summed E-state index contributed by atoms with van der Waals surface area (Å²) in [6.07, 6.45) is 3.78. The van der Waals surface area contributed by atoms with Crippen LogP contribution in [-0.2, 0) is 0 Å². The van der Waals surface area contributed by atoms with E-state index in [1.54, 1.807) is 48.5 Å². The zero-order valence-electron chi connectivity index (χ0n) is 14.8. The zero-order chi connectivity index (χ0) is 18.8. The maximum Gasteiger partial charge on any atom is 0.251 e. The highest BCUT2D eigenvalue weighted by molar-refractivity contribution is 5.95. The largest absolute Gasteiger partial charge is 0.399 e. The van der Waals surface area contributed by atoms with Crippen molar-refractivity contribution in [3.05, 3.63) is 59.7 Å². The standard InChI is InChI=1S/C20H26N4O2/c21-17-9-5-7-15(13-17)19(25)23-11-3-1-2-4-12-24-20(26)16-8-6-10-18(22)14-16/h5-10,13-14H,1-4,11-12,21-22H2,(H,23,25)(H,24,26). The Morgan fingerprint density at radius 2 is 1.12 bits per heavy atom. The normalized spacial score (nSPS) is 10.3. The maximum atomic E-state index is 11.9. The molecule has 6 nitrogen and oxygen atoms in total. The van der Waals surface area contributed by atoms with E-state index in [0.717, 1.165) is 25.7 Å². The SMILES string of the molecule is Nc1cccc(C(=O)NCCCCCCNC(=O)c2cccc(N)c2)c1. The number of amides is 2. The van der Waals surface area contributed by atoms with E-state index in [-0.39, 0.29) is 11.8 Å². The summed E-state index contributed by atoms with van der Waals surface area (Å²) in [6, 6.07) is 13.9. The molecule has 0 bridgehead atoms. The molecular weight excluding hydrogens is 328 g/mol. The molecule has 0 saturated heterocycles. The van der Waals surface area contributed by atoms with Gasteiger partial charge in [-0.3, -0.25) is 9.59 Å². The molecule has 0 aliphatic heterocycles. The number of carbonyl (C=O) groups is 2. The van der Waals surface area contributed by atoms with Gasteiger partial charge in [-0.25, -0.2) is 0 Å². The number of hydrogen-bond donors (Lipinski definition) is 4. The number of rotatable bonds is 9. The van der Waals surface area contributed by atoms with Gasteiger partial charge in [-0.15, -0.1) is 0 Å². The minimum Gasteiger partial charge on any atom is -0.399 e. The van der Waals surface area contributed by atoms with Crippen LogP contribution in [0.4, 0.5) is 11.4 Å². The molecule has 0 aromatic heterocycles. The third kappa shape index (κ3) is 6.47. The van der Waals surface area contributed by atoms with E-state index in [1.165, 1.54) is 0 Å². The summed E-state index contributed by atoms with van der Waals surface area (Å²) in [4.78, 5) is 23.9. The van der Waals surface area contributed by atoms with Gasteiger partial charge in [0, 0.05) is 35.6 Å². The van der Waals surface area contributed by atoms with Crippen molar-refractivity contribution in [2.45, 2.75) is 25.7 Å². The van der Waals surface area contributed by atoms with E-state index in [9.17, 15) is 9.59 Å². The molecule has 26 heavy (non-hydrogen) atoms. The van der Waals surface area contributed by atoms with Gasteiger partial charge in [-0.05, 0) is 49.2 Å². The lowest BCUT2D eigenvalue weighted by atomic mass is 10.1. The van der Waals surface area contributed by atoms with Crippen molar-refractivity contribution in [1.82, 2.24) is 10.6 Å². The van der Waals surface area contributed by atoms with Crippen LogP contribution in [0.2, 0.25) is 0 Å². The number of nitrogens with two attached hydrogens (primary N) is 2. The minimum absolute atomic E-state index is 0.105. The van der Waals surface area contributed by atoms with Crippen molar-refractivity contribution in [3.63, 3.8) is 0 Å². The Balaban J connectivity index is 1.53. The molecule has 0 radical (unpaired) electrons. The Hall–Kier alpha value is -3.02. The first-order chi connectivity index (χ1) is 12.6. The van der Waals surface area contributed by atoms with Gasteiger partial charge < -0.3 is 22.1 Å². The van der Waals surface area contributed by atoms with Crippen molar-refractivity contribution < 1.29 is 9.59 Å². The van der Waals surface area contributed by atoms with Crippen molar-refractivity contribution in [1.29, 1.82) is 0 Å². The Kier molecular flexibility index (Phi) is 7.49. The average Bonchev–Trinajstić information content (AvgIpc) is 2.63. The van der Waals surface area contributed by atoms with E-state index in [2.05, 4.69) is 10.6 Å². The molecule has 0 spiro atoms. The smallest absolute Gasteiger partial charge is 0.251 e. The van der Waals surface area contributed by atoms with E-state index in [1.807, 2.05) is 0 Å². The van der Waals surface area contributed by atoms with E-state index in [0.29, 0.717) is 35.6 Å². The van der Waals surface area contributed by atoms with Crippen LogP contribution in [0.25, 0.3) is 0 Å². The first kappa shape index (κ1) is 19.3. The van der Waals surface area contributed by atoms with Crippen LogP contribution in [-0.4, -0.2) is 24.9 Å². The number of unbranched alkanes of at least 4 members (excludes halogenated alkanes) is 3. The molecule has 0 saturated carbocycles. The predicted molar refractivity (Wildman–Crippen MR) is 105 cm³/mol. The number of anilines is 2. The summed E-state index contributed by atoms with van der Waals surface area (Å²) in [5, 5.41) is 5.77. The van der Waals surface area contributed by atoms with E-state index < -0.39 is 0 Å². The molecule has 0 aliphatic carbocycles. The zero-order valence-corrected chi connectivity index (χ0v) is 14.8. The van der Waals surface area contributed by atoms with Crippen LogP contribution in [0.5, 0.6) is 0 Å². The molecule has 0 atom stereocenters. The van der Waals surface area contributed by atoms with Crippen LogP contribution in [0, 0.1) is 0 Å². The fraction of sp³-hybridized carbons (Fsp3) is 0.300. The van der Waals surface area contributed by atoms with Gasteiger partial charge in [-0.1, -0.05) is 25.0 Å². The lowest BCUT2D eigenvalue weighted by Crippen LogP contribution is -2.25. The summed E-state index contributed by atoms with van der Waals surface area (Å²) in [7, 11) is 0. The first-order valence-electron chi connectivity index (χ1n) is 8.84. The average molecular weight is 354 g/mol. The van der Waals surface area contributed by atoms with Crippen LogP contribution in [0.15, 0.2) is 48.5 Å². The second kappa shape index (κ2) is 10.1. The Labute approximate surface area is 154 Å². The first-order valence-corrected chi connectivity index (χ1v) is 8.84. The molecule has 138 valence electrons. The van der Waals surface area contributed by atoms with Gasteiger partial charge in [0.25, 0.3) is 11.8 Å². The summed E-state index contributed by atoms with van der Waals surface area (Å²) in [6.45, 7) is 1.26. The van der Waals surface area contributed by atoms with Crippen molar-refractivity contribution in [3.8, 4) is 0 Å². The number of nitrogens with one attached hydrogen (secondary N) is 2. The highest BCUT2D eigenvalue weighted by Crippen LogP contribution is 2.07. The number of hydrogen-bond acceptors (Lipinski definition) is 4. The second-order valence-electron chi connectivity index (χ2n) is 6.18. The van der Waals surface area contributed by atoms with Crippen molar-refractivity contribution >= 4 is 23.2 Å². The Bertz CT molecular complexity index is 683. The molecule has 2 aromatic rings. The summed E-state index contributed by atoms with van der Waals surface area (Å²) >= 11 is 0. The van der Waals surface area contributed by atoms with Crippen LogP contribution in [0.1, 0.15) is 46.4 Å². The highest BCUT2D eigenvalue weighted by atomic mass is 16.2. The number of benzene rings is 2. The molecule has 2 aromatic carbocycles. The van der Waals surface area contributed by atoms with Crippen molar-refractivity contribution in [2.75, 3.05) is 24.6 Å². The lowest BCUT2D eigenvalue weighted by Gasteiger charge is -2.07. The monoisotopic (exact) mass is 354 g/mol. The number of nitrogen functional groups attached to an aromatic ring is 2. The van der Waals surface area contributed by atoms with E-state index >= 15 is 0 Å². The maximum absolute atomic E-state index is 11.9. The van der Waals surface area contributed by atoms with Gasteiger partial charge in [0.1, 0.15) is 0 Å². The van der Waals surface area contributed by atoms with Gasteiger partial charge >= 0.3 is 0 Å². The van der Waals surface area contributed by atoms with Crippen LogP contribution >= 0.6 is 0 Å². The second-order valence-corrected chi connectivity index (χ2v) is 6.18. The fourth-order valence-electron chi connectivity index (χ4n) is 2.57. The third-order valence-corrected chi connectivity index (χ3v) is 3.97. The Morgan fingerprint density at radius 1 is 0.692 bits per heavy atom. The van der Waals surface area contributed by atoms with Gasteiger partial charge in [0.2, 0.25) is 0 Å². The summed E-state index contributed by atoms with van der Waals surface area (Å²) in [5.41, 5.74) is 13.7. The minimum atomic E-state index is -0.105. The molecule has 0 aliphatic rings. The number of carbonyl (C=O) groups excluding carboxylic acids is 2. The highest BCUT2D eigenvalue weighted by Gasteiger charge is 2.05. The summed E-state index contributed by atoms with van der Waals surface area (Å²) in [5.74, 6) is -0.210. The fourth-order valence-corrected chi connectivity index (χ4v) is 2.57. The van der Waals surface area contributed by atoms with Gasteiger partial charge in [-0.2, -0.15) is 0 Å². The molecule has 2 amide bonds. The quantitative estimate of drug-likeness (QED) is 0.410. The molecule has 6 heteroatoms. The van der Waals surface area contributed by atoms with Crippen LogP contribution in [0.3, 0.4) is 0 Å². The molecular formula is C20H26N4O2.